The fourth-order valence-corrected chi connectivity index (χ4v) is 3.25. The number of fused-ring (bicyclic) bond motifs is 1. The molecule has 0 saturated carbocycles. The Balaban J connectivity index is 1.62. The summed E-state index contributed by atoms with van der Waals surface area (Å²) in [5.41, 5.74) is 1.01. The van der Waals surface area contributed by atoms with Gasteiger partial charge in [0.25, 0.3) is 0 Å². The number of carboxylic acid groups (broad SMARTS) is 1. The van der Waals surface area contributed by atoms with Crippen LogP contribution in [0, 0.1) is 11.8 Å². The largest absolute Gasteiger partial charge is 0.475 e. The Morgan fingerprint density at radius 3 is 2.79 bits per heavy atom. The Kier molecular flexibility index (Phi) is 5.87. The summed E-state index contributed by atoms with van der Waals surface area (Å²) in [7, 11) is 0. The van der Waals surface area contributed by atoms with Crippen LogP contribution in [-0.4, -0.2) is 47.5 Å². The number of hydrogen-bond acceptors (Lipinski definition) is 4. The lowest BCUT2D eigenvalue weighted by Crippen LogP contribution is -2.48. The second-order valence-corrected chi connectivity index (χ2v) is 7.52. The number of carbonyl (C=O) groups is 3. The topological polar surface area (TPSA) is 112 Å². The first kappa shape index (κ1) is 19.7. The van der Waals surface area contributed by atoms with E-state index in [0.29, 0.717) is 42.2 Å². The molecule has 0 spiro atoms. The third-order valence-corrected chi connectivity index (χ3v) is 4.74. The van der Waals surface area contributed by atoms with Gasteiger partial charge in [-0.15, -0.1) is 0 Å². The van der Waals surface area contributed by atoms with E-state index in [-0.39, 0.29) is 23.6 Å². The van der Waals surface area contributed by atoms with Crippen LogP contribution in [0.3, 0.4) is 0 Å². The first-order valence-electron chi connectivity index (χ1n) is 9.44. The summed E-state index contributed by atoms with van der Waals surface area (Å²) >= 11 is 0. The second kappa shape index (κ2) is 8.33. The molecular formula is C20H25N3O5. The van der Waals surface area contributed by atoms with Gasteiger partial charge in [0.05, 0.1) is 5.92 Å². The average molecular weight is 387 g/mol. The normalized spacial score (nSPS) is 17.0. The summed E-state index contributed by atoms with van der Waals surface area (Å²) in [5, 5.41) is 15.4. The predicted octanol–water partition coefficient (Wildman–Crippen LogP) is 3.15. The number of carboxylic acids is 1. The van der Waals surface area contributed by atoms with Crippen LogP contribution in [0.2, 0.25) is 0 Å². The maximum atomic E-state index is 12.7. The van der Waals surface area contributed by atoms with Crippen LogP contribution < -0.4 is 10.6 Å². The molecule has 0 aliphatic carbocycles. The summed E-state index contributed by atoms with van der Waals surface area (Å²) < 4.78 is 5.22. The van der Waals surface area contributed by atoms with Crippen LogP contribution in [-0.2, 0) is 4.79 Å². The van der Waals surface area contributed by atoms with Crippen molar-refractivity contribution < 1.29 is 23.9 Å². The predicted molar refractivity (Wildman–Crippen MR) is 104 cm³/mol. The van der Waals surface area contributed by atoms with E-state index in [9.17, 15) is 14.4 Å². The molecule has 8 heteroatoms. The van der Waals surface area contributed by atoms with Gasteiger partial charge in [0.15, 0.2) is 0 Å². The number of urea groups is 1. The van der Waals surface area contributed by atoms with Gasteiger partial charge in [0.2, 0.25) is 11.7 Å². The van der Waals surface area contributed by atoms with E-state index < -0.39 is 5.97 Å². The summed E-state index contributed by atoms with van der Waals surface area (Å²) in [6, 6.07) is 6.27. The summed E-state index contributed by atoms with van der Waals surface area (Å²) in [4.78, 5) is 37.6. The molecule has 1 aliphatic heterocycles. The minimum Gasteiger partial charge on any atom is -0.475 e. The number of amides is 3. The molecule has 1 unspecified atom stereocenters. The van der Waals surface area contributed by atoms with Crippen molar-refractivity contribution in [2.45, 2.75) is 26.7 Å². The van der Waals surface area contributed by atoms with Gasteiger partial charge in [-0.25, -0.2) is 9.59 Å². The molecule has 1 saturated heterocycles. The number of rotatable bonds is 5. The highest BCUT2D eigenvalue weighted by atomic mass is 16.4. The van der Waals surface area contributed by atoms with Crippen molar-refractivity contribution in [1.29, 1.82) is 0 Å². The van der Waals surface area contributed by atoms with Crippen molar-refractivity contribution in [1.82, 2.24) is 10.2 Å². The van der Waals surface area contributed by atoms with Crippen molar-refractivity contribution >= 4 is 34.6 Å². The smallest absolute Gasteiger partial charge is 0.371 e. The van der Waals surface area contributed by atoms with Crippen LogP contribution in [0.25, 0.3) is 11.0 Å². The molecule has 8 nitrogen and oxygen atoms in total. The molecule has 2 heterocycles. The van der Waals surface area contributed by atoms with Crippen molar-refractivity contribution in [2.75, 3.05) is 25.0 Å². The Morgan fingerprint density at radius 2 is 2.07 bits per heavy atom. The second-order valence-electron chi connectivity index (χ2n) is 7.52. The molecule has 1 fully saturated rings. The minimum atomic E-state index is -1.14. The monoisotopic (exact) mass is 387 g/mol. The van der Waals surface area contributed by atoms with Crippen molar-refractivity contribution in [3.8, 4) is 0 Å². The number of likely N-dealkylation sites (tertiary alicyclic amines) is 1. The van der Waals surface area contributed by atoms with Gasteiger partial charge in [0, 0.05) is 30.7 Å². The zero-order chi connectivity index (χ0) is 20.3. The highest BCUT2D eigenvalue weighted by molar-refractivity contribution is 5.97. The van der Waals surface area contributed by atoms with E-state index in [4.69, 9.17) is 9.52 Å². The summed E-state index contributed by atoms with van der Waals surface area (Å²) in [6.07, 6.45) is 1.49. The van der Waals surface area contributed by atoms with E-state index in [0.717, 1.165) is 12.8 Å². The molecular weight excluding hydrogens is 362 g/mol. The lowest BCUT2D eigenvalue weighted by molar-refractivity contribution is -0.121. The zero-order valence-corrected chi connectivity index (χ0v) is 16.0. The summed E-state index contributed by atoms with van der Waals surface area (Å²) in [5.74, 6) is -1.35. The SMILES string of the molecule is CC(C)CNC(=O)N1CCCC(C(=O)Nc2ccc3oc(C(=O)O)cc3c2)C1. The zero-order valence-electron chi connectivity index (χ0n) is 16.0. The maximum absolute atomic E-state index is 12.7. The Labute approximate surface area is 162 Å². The molecule has 1 aromatic heterocycles. The van der Waals surface area contributed by atoms with E-state index in [2.05, 4.69) is 10.6 Å². The third kappa shape index (κ3) is 4.62. The molecule has 3 rings (SSSR count). The lowest BCUT2D eigenvalue weighted by Gasteiger charge is -2.32. The van der Waals surface area contributed by atoms with Crippen LogP contribution in [0.15, 0.2) is 28.7 Å². The van der Waals surface area contributed by atoms with Crippen LogP contribution >= 0.6 is 0 Å². The van der Waals surface area contributed by atoms with E-state index in [1.165, 1.54) is 6.07 Å². The number of nitrogens with one attached hydrogen (secondary N) is 2. The summed E-state index contributed by atoms with van der Waals surface area (Å²) in [6.45, 7) is 5.70. The maximum Gasteiger partial charge on any atom is 0.371 e. The Morgan fingerprint density at radius 1 is 1.29 bits per heavy atom. The molecule has 150 valence electrons. The van der Waals surface area contributed by atoms with Gasteiger partial charge >= 0.3 is 12.0 Å². The quantitative estimate of drug-likeness (QED) is 0.730. The van der Waals surface area contributed by atoms with E-state index in [1.807, 2.05) is 13.8 Å². The van der Waals surface area contributed by atoms with Crippen molar-refractivity contribution in [3.63, 3.8) is 0 Å². The third-order valence-electron chi connectivity index (χ3n) is 4.74. The van der Waals surface area contributed by atoms with Crippen molar-refractivity contribution in [2.24, 2.45) is 11.8 Å². The minimum absolute atomic E-state index is 0.132. The number of carbonyl (C=O) groups excluding carboxylic acids is 2. The van der Waals surface area contributed by atoms with Gasteiger partial charge in [-0.1, -0.05) is 13.8 Å². The first-order valence-corrected chi connectivity index (χ1v) is 9.44. The van der Waals surface area contributed by atoms with Crippen LogP contribution in [0.5, 0.6) is 0 Å². The molecule has 0 radical (unpaired) electrons. The number of hydrogen-bond donors (Lipinski definition) is 3. The standard InChI is InChI=1S/C20H25N3O5/c1-12(2)10-21-20(27)23-7-3-4-13(11-23)18(24)22-15-5-6-16-14(8-15)9-17(28-16)19(25)26/h5-6,8-9,12-13H,3-4,7,10-11H2,1-2H3,(H,21,27)(H,22,24)(H,25,26). The molecule has 3 N–H and O–H groups in total. The van der Waals surface area contributed by atoms with Gasteiger partial charge < -0.3 is 25.1 Å². The Bertz CT molecular complexity index is 889. The highest BCUT2D eigenvalue weighted by Crippen LogP contribution is 2.24. The molecule has 0 bridgehead atoms. The Hall–Kier alpha value is -3.03. The van der Waals surface area contributed by atoms with Gasteiger partial charge in [-0.05, 0) is 43.0 Å². The number of benzene rings is 1. The molecule has 28 heavy (non-hydrogen) atoms. The van der Waals surface area contributed by atoms with Gasteiger partial charge in [0.1, 0.15) is 5.58 Å². The molecule has 2 aromatic rings. The molecule has 3 amide bonds. The fourth-order valence-electron chi connectivity index (χ4n) is 3.25. The fraction of sp³-hybridized carbons (Fsp3) is 0.450. The van der Waals surface area contributed by atoms with E-state index >= 15 is 0 Å². The number of nitrogens with zero attached hydrogens (tertiary/aromatic N) is 1. The number of aromatic carboxylic acids is 1. The van der Waals surface area contributed by atoms with Gasteiger partial charge in [-0.3, -0.25) is 4.79 Å². The molecule has 1 atom stereocenters. The van der Waals surface area contributed by atoms with Gasteiger partial charge in [-0.2, -0.15) is 0 Å². The van der Waals surface area contributed by atoms with E-state index in [1.54, 1.807) is 23.1 Å². The number of furan rings is 1. The molecule has 1 aromatic carbocycles. The molecule has 1 aliphatic rings. The number of piperidine rings is 1. The van der Waals surface area contributed by atoms with Crippen LogP contribution in [0.1, 0.15) is 37.2 Å². The lowest BCUT2D eigenvalue weighted by atomic mass is 9.97. The van der Waals surface area contributed by atoms with Crippen LogP contribution in [0.4, 0.5) is 10.5 Å². The first-order chi connectivity index (χ1) is 13.3. The average Bonchev–Trinajstić information content (AvgIpc) is 3.10. The number of anilines is 1. The van der Waals surface area contributed by atoms with Crippen molar-refractivity contribution in [3.05, 3.63) is 30.0 Å². The highest BCUT2D eigenvalue weighted by Gasteiger charge is 2.28.